The van der Waals surface area contributed by atoms with Gasteiger partial charge in [-0.3, -0.25) is 9.59 Å². The lowest BCUT2D eigenvalue weighted by Crippen LogP contribution is -2.46. The van der Waals surface area contributed by atoms with Crippen LogP contribution in [0.4, 0.5) is 4.39 Å². The summed E-state index contributed by atoms with van der Waals surface area (Å²) < 4.78 is 13.5. The fourth-order valence-corrected chi connectivity index (χ4v) is 2.97. The summed E-state index contributed by atoms with van der Waals surface area (Å²) in [6, 6.07) is 4.28. The van der Waals surface area contributed by atoms with Crippen molar-refractivity contribution >= 4 is 11.9 Å². The van der Waals surface area contributed by atoms with Gasteiger partial charge in [0.2, 0.25) is 0 Å². The number of likely N-dealkylation sites (tertiary alicyclic amines) is 1. The Morgan fingerprint density at radius 1 is 1.32 bits per heavy atom. The first-order chi connectivity index (χ1) is 10.2. The van der Waals surface area contributed by atoms with Crippen LogP contribution in [-0.4, -0.2) is 35.0 Å². The van der Waals surface area contributed by atoms with Gasteiger partial charge in [-0.2, -0.15) is 0 Å². The number of piperidine rings is 1. The van der Waals surface area contributed by atoms with Crippen LogP contribution >= 0.6 is 0 Å². The van der Waals surface area contributed by atoms with Gasteiger partial charge < -0.3 is 10.0 Å². The topological polar surface area (TPSA) is 57.6 Å². The van der Waals surface area contributed by atoms with Crippen LogP contribution in [0.25, 0.3) is 0 Å². The SMILES string of the molecule is Cc1cc(F)cc(C(=O)N2CCC[C@H](C(C)(C)C(=O)O)C2)c1. The largest absolute Gasteiger partial charge is 0.481 e. The van der Waals surface area contributed by atoms with Crippen molar-refractivity contribution in [2.45, 2.75) is 33.6 Å². The molecule has 4 nitrogen and oxygen atoms in total. The van der Waals surface area contributed by atoms with Crippen LogP contribution < -0.4 is 0 Å². The summed E-state index contributed by atoms with van der Waals surface area (Å²) in [5.74, 6) is -1.61. The lowest BCUT2D eigenvalue weighted by Gasteiger charge is -2.39. The van der Waals surface area contributed by atoms with E-state index in [9.17, 15) is 19.1 Å². The molecule has 5 heteroatoms. The first-order valence-electron chi connectivity index (χ1n) is 7.51. The number of aryl methyl sites for hydroxylation is 1. The Morgan fingerprint density at radius 3 is 2.59 bits per heavy atom. The number of carbonyl (C=O) groups excluding carboxylic acids is 1. The van der Waals surface area contributed by atoms with Gasteiger partial charge in [-0.15, -0.1) is 0 Å². The van der Waals surface area contributed by atoms with E-state index in [1.165, 1.54) is 12.1 Å². The van der Waals surface area contributed by atoms with E-state index < -0.39 is 17.2 Å². The van der Waals surface area contributed by atoms with Gasteiger partial charge in [0.25, 0.3) is 5.91 Å². The predicted molar refractivity (Wildman–Crippen MR) is 81.2 cm³/mol. The third-order valence-corrected chi connectivity index (χ3v) is 4.57. The molecule has 1 aliphatic rings. The highest BCUT2D eigenvalue weighted by atomic mass is 19.1. The van der Waals surface area contributed by atoms with Crippen molar-refractivity contribution in [1.29, 1.82) is 0 Å². The number of nitrogens with zero attached hydrogens (tertiary/aromatic N) is 1. The number of carboxylic acid groups (broad SMARTS) is 1. The Bertz CT molecular complexity index is 577. The zero-order valence-electron chi connectivity index (χ0n) is 13.2. The van der Waals surface area contributed by atoms with E-state index in [4.69, 9.17) is 0 Å². The molecule has 22 heavy (non-hydrogen) atoms. The van der Waals surface area contributed by atoms with Crippen LogP contribution in [0, 0.1) is 24.1 Å². The van der Waals surface area contributed by atoms with Gasteiger partial charge in [0.15, 0.2) is 0 Å². The fourth-order valence-electron chi connectivity index (χ4n) is 2.97. The molecule has 1 heterocycles. The maximum atomic E-state index is 13.5. The molecule has 1 atom stereocenters. The van der Waals surface area contributed by atoms with Crippen LogP contribution in [0.5, 0.6) is 0 Å². The van der Waals surface area contributed by atoms with Crippen LogP contribution in [0.3, 0.4) is 0 Å². The van der Waals surface area contributed by atoms with Crippen LogP contribution in [0.1, 0.15) is 42.6 Å². The van der Waals surface area contributed by atoms with Crippen molar-refractivity contribution in [2.24, 2.45) is 11.3 Å². The van der Waals surface area contributed by atoms with E-state index in [1.807, 2.05) is 0 Å². The molecular weight excluding hydrogens is 285 g/mol. The van der Waals surface area contributed by atoms with Crippen LogP contribution in [0.2, 0.25) is 0 Å². The highest BCUT2D eigenvalue weighted by Crippen LogP contribution is 2.34. The summed E-state index contributed by atoms with van der Waals surface area (Å²) in [6.45, 7) is 6.11. The lowest BCUT2D eigenvalue weighted by molar-refractivity contribution is -0.151. The molecule has 1 fully saturated rings. The summed E-state index contributed by atoms with van der Waals surface area (Å²) in [4.78, 5) is 25.6. The van der Waals surface area contributed by atoms with Crippen molar-refractivity contribution in [3.05, 3.63) is 35.1 Å². The minimum Gasteiger partial charge on any atom is -0.481 e. The molecular formula is C17H22FNO3. The molecule has 120 valence electrons. The zero-order chi connectivity index (χ0) is 16.5. The van der Waals surface area contributed by atoms with Crippen LogP contribution in [-0.2, 0) is 4.79 Å². The number of hydrogen-bond donors (Lipinski definition) is 1. The summed E-state index contributed by atoms with van der Waals surface area (Å²) >= 11 is 0. The van der Waals surface area contributed by atoms with E-state index in [0.717, 1.165) is 12.8 Å². The van der Waals surface area contributed by atoms with Gasteiger partial charge in [-0.05, 0) is 63.3 Å². The van der Waals surface area contributed by atoms with Crippen molar-refractivity contribution in [1.82, 2.24) is 4.90 Å². The van der Waals surface area contributed by atoms with E-state index in [0.29, 0.717) is 24.2 Å². The molecule has 1 amide bonds. The first-order valence-corrected chi connectivity index (χ1v) is 7.51. The Balaban J connectivity index is 2.18. The maximum absolute atomic E-state index is 13.5. The van der Waals surface area contributed by atoms with Gasteiger partial charge in [0, 0.05) is 18.7 Å². The Labute approximate surface area is 129 Å². The number of halogens is 1. The van der Waals surface area contributed by atoms with Gasteiger partial charge >= 0.3 is 5.97 Å². The molecule has 1 aromatic rings. The van der Waals surface area contributed by atoms with Gasteiger partial charge in [-0.1, -0.05) is 0 Å². The summed E-state index contributed by atoms with van der Waals surface area (Å²) in [6.07, 6.45) is 1.55. The van der Waals surface area contributed by atoms with Gasteiger partial charge in [0.05, 0.1) is 5.41 Å². The van der Waals surface area contributed by atoms with Crippen molar-refractivity contribution in [3.8, 4) is 0 Å². The van der Waals surface area contributed by atoms with E-state index in [-0.39, 0.29) is 11.8 Å². The zero-order valence-corrected chi connectivity index (χ0v) is 13.2. The van der Waals surface area contributed by atoms with E-state index >= 15 is 0 Å². The first kappa shape index (κ1) is 16.5. The molecule has 1 N–H and O–H groups in total. The number of carbonyl (C=O) groups is 2. The Kier molecular flexibility index (Phi) is 4.54. The predicted octanol–water partition coefficient (Wildman–Crippen LogP) is 3.10. The third-order valence-electron chi connectivity index (χ3n) is 4.57. The second-order valence-electron chi connectivity index (χ2n) is 6.63. The average Bonchev–Trinajstić information content (AvgIpc) is 2.45. The standard InChI is InChI=1S/C17H22FNO3/c1-11-7-12(9-14(18)8-11)15(20)19-6-4-5-13(10-19)17(2,3)16(21)22/h7-9,13H,4-6,10H2,1-3H3,(H,21,22)/t13-/m0/s1. The molecule has 2 rings (SSSR count). The number of benzene rings is 1. The molecule has 0 radical (unpaired) electrons. The Morgan fingerprint density at radius 2 is 2.00 bits per heavy atom. The fraction of sp³-hybridized carbons (Fsp3) is 0.529. The summed E-state index contributed by atoms with van der Waals surface area (Å²) in [7, 11) is 0. The van der Waals surface area contributed by atoms with Crippen molar-refractivity contribution in [3.63, 3.8) is 0 Å². The summed E-state index contributed by atoms with van der Waals surface area (Å²) in [5, 5.41) is 9.36. The summed E-state index contributed by atoms with van der Waals surface area (Å²) in [5.41, 5.74) is 0.144. The third kappa shape index (κ3) is 3.29. The number of carboxylic acids is 1. The normalized spacial score (nSPS) is 19.1. The van der Waals surface area contributed by atoms with Crippen LogP contribution in [0.15, 0.2) is 18.2 Å². The highest BCUT2D eigenvalue weighted by Gasteiger charge is 2.40. The molecule has 1 aromatic carbocycles. The molecule has 0 aliphatic carbocycles. The Hall–Kier alpha value is -1.91. The van der Waals surface area contributed by atoms with E-state index in [1.54, 1.807) is 31.7 Å². The minimum absolute atomic E-state index is 0.0997. The molecule has 0 unspecified atom stereocenters. The molecule has 0 spiro atoms. The molecule has 0 bridgehead atoms. The molecule has 0 aromatic heterocycles. The van der Waals surface area contributed by atoms with E-state index in [2.05, 4.69) is 0 Å². The maximum Gasteiger partial charge on any atom is 0.309 e. The smallest absolute Gasteiger partial charge is 0.309 e. The van der Waals surface area contributed by atoms with Crippen molar-refractivity contribution in [2.75, 3.05) is 13.1 Å². The molecule has 1 saturated heterocycles. The lowest BCUT2D eigenvalue weighted by atomic mass is 9.74. The molecule has 1 aliphatic heterocycles. The average molecular weight is 307 g/mol. The molecule has 0 saturated carbocycles. The highest BCUT2D eigenvalue weighted by molar-refractivity contribution is 5.94. The monoisotopic (exact) mass is 307 g/mol. The number of aliphatic carboxylic acids is 1. The number of hydrogen-bond acceptors (Lipinski definition) is 2. The number of amides is 1. The second kappa shape index (κ2) is 6.07. The van der Waals surface area contributed by atoms with Crippen molar-refractivity contribution < 1.29 is 19.1 Å². The second-order valence-corrected chi connectivity index (χ2v) is 6.63. The van der Waals surface area contributed by atoms with Gasteiger partial charge in [-0.25, -0.2) is 4.39 Å². The minimum atomic E-state index is -0.878. The number of rotatable bonds is 3. The van der Waals surface area contributed by atoms with Gasteiger partial charge in [0.1, 0.15) is 5.82 Å². The quantitative estimate of drug-likeness (QED) is 0.933.